The number of amides is 1. The SMILES string of the molecule is CCn1c(NNC(=O)c2ccccc2OCc2csc(C)n2)nc2ccccc2c1=O. The van der Waals surface area contributed by atoms with Crippen molar-refractivity contribution in [1.29, 1.82) is 0 Å². The lowest BCUT2D eigenvalue weighted by molar-refractivity contribution is 0.0957. The molecule has 2 aromatic carbocycles. The van der Waals surface area contributed by atoms with E-state index in [2.05, 4.69) is 20.8 Å². The second-order valence-corrected chi connectivity index (χ2v) is 7.79. The standard InChI is InChI=1S/C22H21N5O3S/c1-3-27-21(29)16-8-4-6-10-18(16)24-22(27)26-25-20(28)17-9-5-7-11-19(17)30-12-15-13-31-14(2)23-15/h4-11,13H,3,12H2,1-2H3,(H,24,26)(H,25,28). The molecule has 31 heavy (non-hydrogen) atoms. The Bertz CT molecular complexity index is 1300. The first-order chi connectivity index (χ1) is 15.1. The lowest BCUT2D eigenvalue weighted by Gasteiger charge is -2.15. The zero-order valence-corrected chi connectivity index (χ0v) is 17.9. The fourth-order valence-corrected chi connectivity index (χ4v) is 3.74. The van der Waals surface area contributed by atoms with Crippen molar-refractivity contribution in [2.45, 2.75) is 27.0 Å². The molecule has 2 N–H and O–H groups in total. The number of hydrogen-bond donors (Lipinski definition) is 2. The van der Waals surface area contributed by atoms with Gasteiger partial charge in [0.1, 0.15) is 12.4 Å². The Morgan fingerprint density at radius 1 is 1.13 bits per heavy atom. The molecule has 8 nitrogen and oxygen atoms in total. The van der Waals surface area contributed by atoms with Gasteiger partial charge in [-0.15, -0.1) is 11.3 Å². The summed E-state index contributed by atoms with van der Waals surface area (Å²) in [5.74, 6) is 0.290. The number of nitrogens with one attached hydrogen (secondary N) is 2. The molecule has 0 bridgehead atoms. The molecule has 4 rings (SSSR count). The summed E-state index contributed by atoms with van der Waals surface area (Å²) in [6.45, 7) is 4.44. The van der Waals surface area contributed by atoms with Gasteiger partial charge in [0, 0.05) is 11.9 Å². The highest BCUT2D eigenvalue weighted by Gasteiger charge is 2.15. The van der Waals surface area contributed by atoms with Crippen molar-refractivity contribution < 1.29 is 9.53 Å². The number of carbonyl (C=O) groups is 1. The highest BCUT2D eigenvalue weighted by atomic mass is 32.1. The van der Waals surface area contributed by atoms with E-state index in [0.29, 0.717) is 28.8 Å². The number of fused-ring (bicyclic) bond motifs is 1. The van der Waals surface area contributed by atoms with E-state index in [1.54, 1.807) is 53.8 Å². The quantitative estimate of drug-likeness (QED) is 0.431. The van der Waals surface area contributed by atoms with Gasteiger partial charge in [0.25, 0.3) is 11.5 Å². The number of carbonyl (C=O) groups excluding carboxylic acids is 1. The van der Waals surface area contributed by atoms with Crippen LogP contribution in [-0.4, -0.2) is 20.4 Å². The minimum Gasteiger partial charge on any atom is -0.486 e. The number of benzene rings is 2. The molecule has 0 unspecified atom stereocenters. The molecule has 0 atom stereocenters. The lowest BCUT2D eigenvalue weighted by atomic mass is 10.2. The molecule has 2 heterocycles. The van der Waals surface area contributed by atoms with Crippen LogP contribution in [0.3, 0.4) is 0 Å². The molecule has 0 aliphatic heterocycles. The van der Waals surface area contributed by atoms with E-state index in [9.17, 15) is 9.59 Å². The third-order valence-corrected chi connectivity index (χ3v) is 5.46. The summed E-state index contributed by atoms with van der Waals surface area (Å²) in [7, 11) is 0. The van der Waals surface area contributed by atoms with E-state index in [4.69, 9.17) is 4.74 Å². The predicted octanol–water partition coefficient (Wildman–Crippen LogP) is 3.52. The third-order valence-electron chi connectivity index (χ3n) is 4.64. The Hall–Kier alpha value is -3.72. The fraction of sp³-hybridized carbons (Fsp3) is 0.182. The minimum atomic E-state index is -0.407. The summed E-state index contributed by atoms with van der Waals surface area (Å²) in [6.07, 6.45) is 0. The molecule has 0 radical (unpaired) electrons. The Labute approximate surface area is 182 Å². The van der Waals surface area contributed by atoms with Crippen molar-refractivity contribution >= 4 is 34.1 Å². The van der Waals surface area contributed by atoms with Crippen molar-refractivity contribution in [2.75, 3.05) is 5.43 Å². The van der Waals surface area contributed by atoms with Crippen LogP contribution in [0.4, 0.5) is 5.95 Å². The second kappa shape index (κ2) is 8.97. The number of nitrogens with zero attached hydrogens (tertiary/aromatic N) is 3. The van der Waals surface area contributed by atoms with E-state index in [1.807, 2.05) is 25.3 Å². The van der Waals surface area contributed by atoms with Crippen molar-refractivity contribution in [3.8, 4) is 5.75 Å². The molecule has 0 saturated heterocycles. The van der Waals surface area contributed by atoms with Gasteiger partial charge in [0.15, 0.2) is 0 Å². The summed E-state index contributed by atoms with van der Waals surface area (Å²) in [5, 5.41) is 3.41. The molecule has 0 saturated carbocycles. The average molecular weight is 436 g/mol. The summed E-state index contributed by atoms with van der Waals surface area (Å²) in [4.78, 5) is 34.4. The minimum absolute atomic E-state index is 0.174. The molecule has 2 aromatic heterocycles. The van der Waals surface area contributed by atoms with Gasteiger partial charge in [-0.05, 0) is 38.1 Å². The summed E-state index contributed by atoms with van der Waals surface area (Å²) >= 11 is 1.55. The van der Waals surface area contributed by atoms with Crippen LogP contribution < -0.4 is 21.1 Å². The zero-order chi connectivity index (χ0) is 21.8. The highest BCUT2D eigenvalue weighted by molar-refractivity contribution is 7.09. The topological polar surface area (TPSA) is 98.1 Å². The molecule has 9 heteroatoms. The molecule has 4 aromatic rings. The van der Waals surface area contributed by atoms with Crippen LogP contribution in [0, 0.1) is 6.92 Å². The van der Waals surface area contributed by atoms with Crippen LogP contribution in [0.5, 0.6) is 5.75 Å². The number of ether oxygens (including phenoxy) is 1. The third kappa shape index (κ3) is 4.41. The monoisotopic (exact) mass is 435 g/mol. The van der Waals surface area contributed by atoms with Gasteiger partial charge in [0.2, 0.25) is 5.95 Å². The Balaban J connectivity index is 1.52. The molecular weight excluding hydrogens is 414 g/mol. The maximum absolute atomic E-state index is 12.8. The number of hydrazine groups is 1. The van der Waals surface area contributed by atoms with Crippen molar-refractivity contribution in [3.05, 3.63) is 80.5 Å². The van der Waals surface area contributed by atoms with Gasteiger partial charge in [-0.3, -0.25) is 25.0 Å². The van der Waals surface area contributed by atoms with Crippen molar-refractivity contribution in [2.24, 2.45) is 0 Å². The van der Waals surface area contributed by atoms with Gasteiger partial charge in [0.05, 0.1) is 27.2 Å². The van der Waals surface area contributed by atoms with Gasteiger partial charge in [-0.1, -0.05) is 24.3 Å². The Morgan fingerprint density at radius 2 is 1.90 bits per heavy atom. The number of thiazole rings is 1. The molecule has 1 amide bonds. The first-order valence-electron chi connectivity index (χ1n) is 9.75. The molecule has 0 fully saturated rings. The van der Waals surface area contributed by atoms with Crippen LogP contribution in [0.15, 0.2) is 58.7 Å². The van der Waals surface area contributed by atoms with E-state index in [-0.39, 0.29) is 18.1 Å². The summed E-state index contributed by atoms with van der Waals surface area (Å²) in [5.41, 5.74) is 6.95. The van der Waals surface area contributed by atoms with Gasteiger partial charge in [-0.2, -0.15) is 0 Å². The molecule has 0 aliphatic carbocycles. The zero-order valence-electron chi connectivity index (χ0n) is 17.1. The van der Waals surface area contributed by atoms with Crippen LogP contribution >= 0.6 is 11.3 Å². The normalized spacial score (nSPS) is 10.8. The number of hydrogen-bond acceptors (Lipinski definition) is 7. The summed E-state index contributed by atoms with van der Waals surface area (Å²) in [6, 6.07) is 14.0. The van der Waals surface area contributed by atoms with Crippen LogP contribution in [0.25, 0.3) is 10.9 Å². The molecule has 0 aliphatic rings. The number of aryl methyl sites for hydroxylation is 1. The maximum Gasteiger partial charge on any atom is 0.273 e. The number of anilines is 1. The predicted molar refractivity (Wildman–Crippen MR) is 120 cm³/mol. The van der Waals surface area contributed by atoms with Crippen LogP contribution in [0.1, 0.15) is 28.0 Å². The van der Waals surface area contributed by atoms with E-state index < -0.39 is 5.91 Å². The van der Waals surface area contributed by atoms with Crippen LogP contribution in [-0.2, 0) is 13.2 Å². The largest absolute Gasteiger partial charge is 0.486 e. The van der Waals surface area contributed by atoms with Gasteiger partial charge >= 0.3 is 0 Å². The first kappa shape index (κ1) is 20.5. The van der Waals surface area contributed by atoms with Crippen molar-refractivity contribution in [1.82, 2.24) is 20.0 Å². The maximum atomic E-state index is 12.8. The molecule has 0 spiro atoms. The number of para-hydroxylation sites is 2. The lowest BCUT2D eigenvalue weighted by Crippen LogP contribution is -2.34. The average Bonchev–Trinajstić information content (AvgIpc) is 3.21. The number of rotatable bonds is 7. The fourth-order valence-electron chi connectivity index (χ4n) is 3.14. The van der Waals surface area contributed by atoms with E-state index >= 15 is 0 Å². The highest BCUT2D eigenvalue weighted by Crippen LogP contribution is 2.20. The smallest absolute Gasteiger partial charge is 0.273 e. The summed E-state index contributed by atoms with van der Waals surface area (Å²) < 4.78 is 7.28. The molecular formula is C22H21N5O3S. The second-order valence-electron chi connectivity index (χ2n) is 6.72. The molecule has 158 valence electrons. The first-order valence-corrected chi connectivity index (χ1v) is 10.6. The Kier molecular flexibility index (Phi) is 5.94. The van der Waals surface area contributed by atoms with Gasteiger partial charge < -0.3 is 4.74 Å². The van der Waals surface area contributed by atoms with E-state index in [1.165, 1.54) is 4.57 Å². The number of aromatic nitrogens is 3. The van der Waals surface area contributed by atoms with Crippen LogP contribution in [0.2, 0.25) is 0 Å². The van der Waals surface area contributed by atoms with Gasteiger partial charge in [-0.25, -0.2) is 9.97 Å². The van der Waals surface area contributed by atoms with E-state index in [0.717, 1.165) is 10.7 Å². The van der Waals surface area contributed by atoms with Crippen molar-refractivity contribution in [3.63, 3.8) is 0 Å². The Morgan fingerprint density at radius 3 is 2.68 bits per heavy atom.